The van der Waals surface area contributed by atoms with Gasteiger partial charge in [0.15, 0.2) is 5.96 Å². The predicted octanol–water partition coefficient (Wildman–Crippen LogP) is 4.57. The van der Waals surface area contributed by atoms with Crippen molar-refractivity contribution in [3.05, 3.63) is 70.0 Å². The number of aliphatic imine (C=N–C) groups is 1. The molecule has 0 saturated heterocycles. The summed E-state index contributed by atoms with van der Waals surface area (Å²) in [6, 6.07) is 15.0. The molecule has 0 bridgehead atoms. The van der Waals surface area contributed by atoms with Crippen LogP contribution in [-0.2, 0) is 13.0 Å². The Bertz CT molecular complexity index is 915. The van der Waals surface area contributed by atoms with Gasteiger partial charge in [-0.3, -0.25) is 4.99 Å². The fourth-order valence-corrected chi connectivity index (χ4v) is 2.73. The Kier molecular flexibility index (Phi) is 9.01. The topological polar surface area (TPSA) is 75.3 Å². The summed E-state index contributed by atoms with van der Waals surface area (Å²) >= 11 is 12.1. The van der Waals surface area contributed by atoms with Gasteiger partial charge in [0.25, 0.3) is 0 Å². The van der Waals surface area contributed by atoms with Gasteiger partial charge in [-0.1, -0.05) is 46.6 Å². The molecule has 6 nitrogen and oxygen atoms in total. The molecule has 2 N–H and O–H groups in total. The maximum atomic E-state index is 6.16. The Morgan fingerprint density at radius 2 is 1.82 bits per heavy atom. The maximum Gasteiger partial charge on any atom is 0.228 e. The zero-order valence-corrected chi connectivity index (χ0v) is 19.0. The molecule has 2 aromatic carbocycles. The zero-order valence-electron chi connectivity index (χ0n) is 15.2. The molecule has 0 unspecified atom stereocenters. The van der Waals surface area contributed by atoms with Crippen LogP contribution in [0.25, 0.3) is 11.4 Å². The number of nitrogens with one attached hydrogen (secondary N) is 2. The van der Waals surface area contributed by atoms with Crippen LogP contribution in [0.15, 0.2) is 58.0 Å². The SMILES string of the molecule is CN=C(NCCc1nc(-c2ccc(Cl)cc2)no1)NCc1ccccc1Cl.I. The van der Waals surface area contributed by atoms with Crippen LogP contribution in [0.3, 0.4) is 0 Å². The molecular weight excluding hydrogens is 512 g/mol. The van der Waals surface area contributed by atoms with Crippen molar-refractivity contribution in [2.24, 2.45) is 4.99 Å². The van der Waals surface area contributed by atoms with Crippen LogP contribution in [0.5, 0.6) is 0 Å². The summed E-state index contributed by atoms with van der Waals surface area (Å²) in [5.74, 6) is 1.77. The summed E-state index contributed by atoms with van der Waals surface area (Å²) in [5, 5.41) is 11.8. The van der Waals surface area contributed by atoms with Gasteiger partial charge in [-0.2, -0.15) is 4.98 Å². The van der Waals surface area contributed by atoms with Crippen molar-refractivity contribution in [3.8, 4) is 11.4 Å². The monoisotopic (exact) mass is 531 g/mol. The molecule has 0 atom stereocenters. The molecule has 3 aromatic rings. The quantitative estimate of drug-likeness (QED) is 0.277. The highest BCUT2D eigenvalue weighted by molar-refractivity contribution is 14.0. The van der Waals surface area contributed by atoms with Crippen LogP contribution in [-0.4, -0.2) is 29.7 Å². The third kappa shape index (κ3) is 6.35. The Morgan fingerprint density at radius 1 is 1.07 bits per heavy atom. The van der Waals surface area contributed by atoms with E-state index in [0.29, 0.717) is 42.2 Å². The first-order valence-corrected chi connectivity index (χ1v) is 9.18. The van der Waals surface area contributed by atoms with E-state index < -0.39 is 0 Å². The highest BCUT2D eigenvalue weighted by Gasteiger charge is 2.09. The van der Waals surface area contributed by atoms with E-state index >= 15 is 0 Å². The maximum absolute atomic E-state index is 6.16. The Morgan fingerprint density at radius 3 is 2.54 bits per heavy atom. The minimum absolute atomic E-state index is 0. The molecule has 0 radical (unpaired) electrons. The predicted molar refractivity (Wildman–Crippen MR) is 124 cm³/mol. The highest BCUT2D eigenvalue weighted by atomic mass is 127. The first-order valence-electron chi connectivity index (χ1n) is 8.42. The molecule has 0 aliphatic carbocycles. The zero-order chi connectivity index (χ0) is 19.1. The summed E-state index contributed by atoms with van der Waals surface area (Å²) in [4.78, 5) is 8.60. The van der Waals surface area contributed by atoms with Gasteiger partial charge < -0.3 is 15.2 Å². The molecule has 1 heterocycles. The van der Waals surface area contributed by atoms with Crippen molar-refractivity contribution in [2.45, 2.75) is 13.0 Å². The van der Waals surface area contributed by atoms with Crippen molar-refractivity contribution in [3.63, 3.8) is 0 Å². The summed E-state index contributed by atoms with van der Waals surface area (Å²) in [6.07, 6.45) is 0.577. The first kappa shape index (κ1) is 22.4. The van der Waals surface area contributed by atoms with E-state index in [4.69, 9.17) is 27.7 Å². The molecule has 148 valence electrons. The van der Waals surface area contributed by atoms with Crippen molar-refractivity contribution in [1.29, 1.82) is 0 Å². The Hall–Kier alpha value is -1.84. The third-order valence-corrected chi connectivity index (χ3v) is 4.45. The van der Waals surface area contributed by atoms with Crippen molar-refractivity contribution in [2.75, 3.05) is 13.6 Å². The van der Waals surface area contributed by atoms with Crippen LogP contribution in [0.1, 0.15) is 11.5 Å². The number of hydrogen-bond donors (Lipinski definition) is 2. The first-order chi connectivity index (χ1) is 13.2. The van der Waals surface area contributed by atoms with E-state index in [1.807, 2.05) is 36.4 Å². The largest absolute Gasteiger partial charge is 0.356 e. The van der Waals surface area contributed by atoms with Crippen LogP contribution < -0.4 is 10.6 Å². The lowest BCUT2D eigenvalue weighted by atomic mass is 10.2. The van der Waals surface area contributed by atoms with Crippen LogP contribution >= 0.6 is 47.2 Å². The molecule has 28 heavy (non-hydrogen) atoms. The Labute approximate surface area is 190 Å². The molecule has 0 saturated carbocycles. The second-order valence-corrected chi connectivity index (χ2v) is 6.56. The lowest BCUT2D eigenvalue weighted by Gasteiger charge is -2.11. The number of hydrogen-bond acceptors (Lipinski definition) is 4. The van der Waals surface area contributed by atoms with Gasteiger partial charge in [-0.05, 0) is 35.9 Å². The van der Waals surface area contributed by atoms with Crippen molar-refractivity contribution in [1.82, 2.24) is 20.8 Å². The molecule has 0 amide bonds. The number of rotatable bonds is 6. The van der Waals surface area contributed by atoms with Crippen LogP contribution in [0, 0.1) is 0 Å². The van der Waals surface area contributed by atoms with E-state index in [0.717, 1.165) is 16.1 Å². The van der Waals surface area contributed by atoms with E-state index in [2.05, 4.69) is 25.8 Å². The third-order valence-electron chi connectivity index (χ3n) is 3.83. The minimum Gasteiger partial charge on any atom is -0.356 e. The lowest BCUT2D eigenvalue weighted by Crippen LogP contribution is -2.37. The van der Waals surface area contributed by atoms with E-state index in [9.17, 15) is 0 Å². The number of guanidine groups is 1. The van der Waals surface area contributed by atoms with Gasteiger partial charge in [-0.25, -0.2) is 0 Å². The van der Waals surface area contributed by atoms with Crippen LogP contribution in [0.2, 0.25) is 10.0 Å². The lowest BCUT2D eigenvalue weighted by molar-refractivity contribution is 0.378. The van der Waals surface area contributed by atoms with Gasteiger partial charge in [0.1, 0.15) is 0 Å². The summed E-state index contributed by atoms with van der Waals surface area (Å²) < 4.78 is 5.30. The molecule has 0 aliphatic rings. The summed E-state index contributed by atoms with van der Waals surface area (Å²) in [7, 11) is 1.72. The van der Waals surface area contributed by atoms with Gasteiger partial charge in [0.2, 0.25) is 11.7 Å². The van der Waals surface area contributed by atoms with Gasteiger partial charge in [0.05, 0.1) is 0 Å². The van der Waals surface area contributed by atoms with Crippen molar-refractivity contribution < 1.29 is 4.52 Å². The number of aromatic nitrogens is 2. The normalized spacial score (nSPS) is 11.0. The fourth-order valence-electron chi connectivity index (χ4n) is 2.40. The minimum atomic E-state index is 0. The molecule has 3 rings (SSSR count). The average Bonchev–Trinajstić information content (AvgIpc) is 3.15. The van der Waals surface area contributed by atoms with Gasteiger partial charge >= 0.3 is 0 Å². The molecule has 0 aliphatic heterocycles. The van der Waals surface area contributed by atoms with E-state index in [1.165, 1.54) is 0 Å². The fraction of sp³-hybridized carbons (Fsp3) is 0.211. The number of halogens is 3. The standard InChI is InChI=1S/C19H19Cl2N5O.HI/c1-22-19(24-12-14-4-2-3-5-16(14)21)23-11-10-17-25-18(26-27-17)13-6-8-15(20)9-7-13;/h2-9H,10-12H2,1H3,(H2,22,23,24);1H. The van der Waals surface area contributed by atoms with Gasteiger partial charge in [0, 0.05) is 42.2 Å². The number of benzene rings is 2. The van der Waals surface area contributed by atoms with Crippen molar-refractivity contribution >= 4 is 53.1 Å². The Balaban J connectivity index is 0.00000280. The highest BCUT2D eigenvalue weighted by Crippen LogP contribution is 2.18. The smallest absolute Gasteiger partial charge is 0.228 e. The number of nitrogens with zero attached hydrogens (tertiary/aromatic N) is 3. The second-order valence-electron chi connectivity index (χ2n) is 5.71. The average molecular weight is 532 g/mol. The van der Waals surface area contributed by atoms with Gasteiger partial charge in [-0.15, -0.1) is 24.0 Å². The molecule has 0 fully saturated rings. The van der Waals surface area contributed by atoms with E-state index in [1.54, 1.807) is 19.2 Å². The molecular formula is C19H20Cl2IN5O. The summed E-state index contributed by atoms with van der Waals surface area (Å²) in [5.41, 5.74) is 1.87. The van der Waals surface area contributed by atoms with Crippen LogP contribution in [0.4, 0.5) is 0 Å². The molecule has 0 spiro atoms. The second kappa shape index (κ2) is 11.2. The molecule has 9 heteroatoms. The van der Waals surface area contributed by atoms with E-state index in [-0.39, 0.29) is 24.0 Å². The molecule has 1 aromatic heterocycles. The summed E-state index contributed by atoms with van der Waals surface area (Å²) in [6.45, 7) is 1.19.